The van der Waals surface area contributed by atoms with E-state index in [1.165, 1.54) is 6.20 Å². The molecule has 0 aliphatic heterocycles. The first-order valence-corrected chi connectivity index (χ1v) is 9.33. The van der Waals surface area contributed by atoms with Gasteiger partial charge >= 0.3 is 5.97 Å². The topological polar surface area (TPSA) is 116 Å². The van der Waals surface area contributed by atoms with Gasteiger partial charge in [-0.15, -0.1) is 0 Å². The zero-order valence-corrected chi connectivity index (χ0v) is 16.7. The lowest BCUT2D eigenvalue weighted by Crippen LogP contribution is -2.13. The quantitative estimate of drug-likeness (QED) is 0.552. The molecule has 0 aliphatic rings. The van der Waals surface area contributed by atoms with Crippen molar-refractivity contribution in [1.82, 2.24) is 9.97 Å². The van der Waals surface area contributed by atoms with Crippen LogP contribution < -0.4 is 15.8 Å². The maximum Gasteiger partial charge on any atom is 0.343 e. The second-order valence-corrected chi connectivity index (χ2v) is 6.32. The van der Waals surface area contributed by atoms with Crippen molar-refractivity contribution in [1.29, 1.82) is 0 Å². The number of esters is 1. The fraction of sp³-hybridized carbons (Fsp3) is 0.182. The van der Waals surface area contributed by atoms with Gasteiger partial charge in [0, 0.05) is 23.9 Å². The molecule has 3 rings (SSSR count). The summed E-state index contributed by atoms with van der Waals surface area (Å²) in [5, 5.41) is 3.16. The number of aromatic nitrogens is 2. The Hall–Kier alpha value is -3.94. The van der Waals surface area contributed by atoms with Crippen molar-refractivity contribution < 1.29 is 19.1 Å². The number of hydrogen-bond acceptors (Lipinski definition) is 7. The normalized spacial score (nSPS) is 10.3. The van der Waals surface area contributed by atoms with E-state index < -0.39 is 11.9 Å². The van der Waals surface area contributed by atoms with E-state index in [0.29, 0.717) is 23.8 Å². The number of anilines is 1. The van der Waals surface area contributed by atoms with Gasteiger partial charge in [-0.25, -0.2) is 14.8 Å². The van der Waals surface area contributed by atoms with Crippen LogP contribution in [0.3, 0.4) is 0 Å². The third kappa shape index (κ3) is 4.91. The number of carbonyl (C=O) groups is 2. The van der Waals surface area contributed by atoms with Gasteiger partial charge in [0.05, 0.1) is 13.7 Å². The Labute approximate surface area is 174 Å². The standard InChI is InChI=1S/C22H22N4O4/c1-3-30-22(28)18-13-25-20(16-8-10-17(29-2)11-9-16)26-21(18)24-12-14-4-6-15(7-5-14)19(23)27/h4-11,13H,3,12H2,1-2H3,(H2,23,27)(H,24,25,26). The Bertz CT molecular complexity index is 1030. The number of amides is 1. The molecule has 1 amide bonds. The average molecular weight is 406 g/mol. The van der Waals surface area contributed by atoms with Crippen LogP contribution in [0.2, 0.25) is 0 Å². The zero-order valence-electron chi connectivity index (χ0n) is 16.7. The second-order valence-electron chi connectivity index (χ2n) is 6.32. The molecule has 0 saturated heterocycles. The van der Waals surface area contributed by atoms with Crippen molar-refractivity contribution in [2.45, 2.75) is 13.5 Å². The Morgan fingerprint density at radius 2 is 1.77 bits per heavy atom. The van der Waals surface area contributed by atoms with Gasteiger partial charge in [-0.1, -0.05) is 12.1 Å². The smallest absolute Gasteiger partial charge is 0.343 e. The van der Waals surface area contributed by atoms with Gasteiger partial charge in [-0.3, -0.25) is 4.79 Å². The van der Waals surface area contributed by atoms with Gasteiger partial charge in [-0.2, -0.15) is 0 Å². The fourth-order valence-electron chi connectivity index (χ4n) is 2.73. The Morgan fingerprint density at radius 1 is 1.07 bits per heavy atom. The lowest BCUT2D eigenvalue weighted by Gasteiger charge is -2.12. The Morgan fingerprint density at radius 3 is 2.37 bits per heavy atom. The van der Waals surface area contributed by atoms with Crippen molar-refractivity contribution in [3.05, 3.63) is 71.4 Å². The molecule has 0 spiro atoms. The minimum atomic E-state index is -0.509. The summed E-state index contributed by atoms with van der Waals surface area (Å²) in [4.78, 5) is 32.4. The molecule has 0 atom stereocenters. The minimum Gasteiger partial charge on any atom is -0.497 e. The van der Waals surface area contributed by atoms with Crippen molar-refractivity contribution in [2.24, 2.45) is 5.73 Å². The number of carbonyl (C=O) groups excluding carboxylic acids is 2. The highest BCUT2D eigenvalue weighted by Crippen LogP contribution is 2.23. The monoisotopic (exact) mass is 406 g/mol. The Kier molecular flexibility index (Phi) is 6.59. The first-order valence-electron chi connectivity index (χ1n) is 9.33. The largest absolute Gasteiger partial charge is 0.497 e. The number of nitrogens with two attached hydrogens (primary N) is 1. The maximum absolute atomic E-state index is 12.3. The van der Waals surface area contributed by atoms with Crippen LogP contribution in [-0.4, -0.2) is 35.6 Å². The highest BCUT2D eigenvalue weighted by atomic mass is 16.5. The van der Waals surface area contributed by atoms with Gasteiger partial charge in [0.1, 0.15) is 17.1 Å². The number of benzene rings is 2. The number of nitrogens with one attached hydrogen (secondary N) is 1. The second kappa shape index (κ2) is 9.51. The molecular formula is C22H22N4O4. The lowest BCUT2D eigenvalue weighted by atomic mass is 10.1. The highest BCUT2D eigenvalue weighted by molar-refractivity contribution is 5.94. The number of nitrogens with zero attached hydrogens (tertiary/aromatic N) is 2. The number of rotatable bonds is 8. The van der Waals surface area contributed by atoms with Crippen molar-refractivity contribution >= 4 is 17.7 Å². The van der Waals surface area contributed by atoms with Crippen molar-refractivity contribution in [2.75, 3.05) is 19.0 Å². The van der Waals surface area contributed by atoms with E-state index in [-0.39, 0.29) is 12.2 Å². The molecule has 30 heavy (non-hydrogen) atoms. The highest BCUT2D eigenvalue weighted by Gasteiger charge is 2.17. The summed E-state index contributed by atoms with van der Waals surface area (Å²) < 4.78 is 10.3. The predicted octanol–water partition coefficient (Wildman–Crippen LogP) is 3.04. The molecule has 8 nitrogen and oxygen atoms in total. The minimum absolute atomic E-state index is 0.239. The van der Waals surface area contributed by atoms with E-state index in [9.17, 15) is 9.59 Å². The van der Waals surface area contributed by atoms with Crippen molar-refractivity contribution in [3.8, 4) is 17.1 Å². The average Bonchev–Trinajstić information content (AvgIpc) is 2.78. The van der Waals surface area contributed by atoms with Crippen molar-refractivity contribution in [3.63, 3.8) is 0 Å². The molecule has 3 aromatic rings. The van der Waals surface area contributed by atoms with Crippen LogP contribution in [0, 0.1) is 0 Å². The van der Waals surface area contributed by atoms with Crippen LogP contribution >= 0.6 is 0 Å². The van der Waals surface area contributed by atoms with E-state index >= 15 is 0 Å². The summed E-state index contributed by atoms with van der Waals surface area (Å²) in [7, 11) is 1.59. The van der Waals surface area contributed by atoms with Gasteiger partial charge < -0.3 is 20.5 Å². The van der Waals surface area contributed by atoms with Crippen LogP contribution in [0.25, 0.3) is 11.4 Å². The summed E-state index contributed by atoms with van der Waals surface area (Å²) in [5.41, 5.74) is 7.60. The molecule has 0 fully saturated rings. The number of hydrogen-bond donors (Lipinski definition) is 2. The molecule has 0 unspecified atom stereocenters. The van der Waals surface area contributed by atoms with E-state index in [1.807, 2.05) is 24.3 Å². The molecule has 3 N–H and O–H groups in total. The SMILES string of the molecule is CCOC(=O)c1cnc(-c2ccc(OC)cc2)nc1NCc1ccc(C(N)=O)cc1. The maximum atomic E-state index is 12.3. The number of primary amides is 1. The van der Waals surface area contributed by atoms with Gasteiger partial charge in [-0.05, 0) is 48.9 Å². The van der Waals surface area contributed by atoms with Gasteiger partial charge in [0.2, 0.25) is 5.91 Å². The number of methoxy groups -OCH3 is 1. The van der Waals surface area contributed by atoms with E-state index in [0.717, 1.165) is 16.9 Å². The lowest BCUT2D eigenvalue weighted by molar-refractivity contribution is 0.0526. The molecule has 8 heteroatoms. The molecule has 1 aromatic heterocycles. The first-order chi connectivity index (χ1) is 14.5. The van der Waals surface area contributed by atoms with E-state index in [4.69, 9.17) is 15.2 Å². The first kappa shape index (κ1) is 20.8. The summed E-state index contributed by atoms with van der Waals surface area (Å²) in [6.07, 6.45) is 1.45. The molecular weight excluding hydrogens is 384 g/mol. The molecule has 154 valence electrons. The predicted molar refractivity (Wildman–Crippen MR) is 112 cm³/mol. The summed E-state index contributed by atoms with van der Waals surface area (Å²) in [6.45, 7) is 2.36. The molecule has 0 aliphatic carbocycles. The molecule has 0 saturated carbocycles. The van der Waals surface area contributed by atoms with E-state index in [1.54, 1.807) is 38.3 Å². The molecule has 0 radical (unpaired) electrons. The zero-order chi connectivity index (χ0) is 21.5. The van der Waals surface area contributed by atoms with E-state index in [2.05, 4.69) is 15.3 Å². The van der Waals surface area contributed by atoms with Gasteiger partial charge in [0.15, 0.2) is 5.82 Å². The van der Waals surface area contributed by atoms with Crippen LogP contribution in [0.15, 0.2) is 54.7 Å². The Balaban J connectivity index is 1.87. The fourth-order valence-corrected chi connectivity index (χ4v) is 2.73. The number of ether oxygens (including phenoxy) is 2. The van der Waals surface area contributed by atoms with Crippen LogP contribution in [0.5, 0.6) is 5.75 Å². The van der Waals surface area contributed by atoms with Crippen LogP contribution in [0.4, 0.5) is 5.82 Å². The third-order valence-electron chi connectivity index (χ3n) is 4.33. The molecule has 1 heterocycles. The van der Waals surface area contributed by atoms with Crippen LogP contribution in [-0.2, 0) is 11.3 Å². The third-order valence-corrected chi connectivity index (χ3v) is 4.33. The van der Waals surface area contributed by atoms with Gasteiger partial charge in [0.25, 0.3) is 0 Å². The van der Waals surface area contributed by atoms with Crippen LogP contribution in [0.1, 0.15) is 33.2 Å². The molecule has 0 bridgehead atoms. The molecule has 2 aromatic carbocycles. The summed E-state index contributed by atoms with van der Waals surface area (Å²) in [5.74, 6) is 0.537. The summed E-state index contributed by atoms with van der Waals surface area (Å²) >= 11 is 0. The summed E-state index contributed by atoms with van der Waals surface area (Å²) in [6, 6.07) is 14.2.